The molecule has 0 atom stereocenters. The number of anilines is 1. The average Bonchev–Trinajstić information content (AvgIpc) is 2.83. The maximum absolute atomic E-state index is 12.3. The zero-order chi connectivity index (χ0) is 23.6. The minimum atomic E-state index is -0.472. The van der Waals surface area contributed by atoms with Crippen LogP contribution >= 0.6 is 11.6 Å². The summed E-state index contributed by atoms with van der Waals surface area (Å²) in [7, 11) is 0. The van der Waals surface area contributed by atoms with Crippen molar-refractivity contribution in [1.82, 2.24) is 5.32 Å². The molecule has 0 saturated heterocycles. The Labute approximate surface area is 197 Å². The van der Waals surface area contributed by atoms with E-state index in [1.165, 1.54) is 6.08 Å². The first-order valence-electron chi connectivity index (χ1n) is 10.2. The molecule has 0 unspecified atom stereocenters. The zero-order valence-electron chi connectivity index (χ0n) is 18.0. The van der Waals surface area contributed by atoms with Crippen molar-refractivity contribution >= 4 is 35.2 Å². The van der Waals surface area contributed by atoms with Gasteiger partial charge in [-0.05, 0) is 60.5 Å². The number of carbonyl (C=O) groups excluding carboxylic acids is 2. The Morgan fingerprint density at radius 1 is 1.00 bits per heavy atom. The molecule has 0 bridgehead atoms. The fourth-order valence-electron chi connectivity index (χ4n) is 2.84. The molecule has 0 aliphatic carbocycles. The molecule has 0 aliphatic rings. The third-order valence-corrected chi connectivity index (χ3v) is 4.88. The van der Waals surface area contributed by atoms with E-state index < -0.39 is 5.91 Å². The summed E-state index contributed by atoms with van der Waals surface area (Å²) in [6.45, 7) is 2.12. The number of hydrogen-bond acceptors (Lipinski definition) is 4. The number of nitriles is 1. The Morgan fingerprint density at radius 2 is 1.67 bits per heavy atom. The van der Waals surface area contributed by atoms with Gasteiger partial charge in [-0.2, -0.15) is 5.26 Å². The normalized spacial score (nSPS) is 10.8. The van der Waals surface area contributed by atoms with Crippen molar-refractivity contribution in [3.05, 3.63) is 100 Å². The lowest BCUT2D eigenvalue weighted by Gasteiger charge is -2.08. The molecule has 0 aliphatic heterocycles. The number of hydrogen-bond donors (Lipinski definition) is 2. The number of amides is 2. The fraction of sp³-hybridized carbons (Fsp3) is 0.115. The van der Waals surface area contributed by atoms with Crippen LogP contribution in [0.25, 0.3) is 6.08 Å². The molecule has 3 rings (SSSR count). The predicted molar refractivity (Wildman–Crippen MR) is 129 cm³/mol. The summed E-state index contributed by atoms with van der Waals surface area (Å²) in [6.07, 6.45) is 1.49. The monoisotopic (exact) mass is 459 g/mol. The van der Waals surface area contributed by atoms with Crippen molar-refractivity contribution in [3.8, 4) is 11.8 Å². The van der Waals surface area contributed by atoms with Gasteiger partial charge in [0.2, 0.25) is 0 Å². The summed E-state index contributed by atoms with van der Waals surface area (Å²) >= 11 is 5.85. The molecule has 2 N–H and O–H groups in total. The predicted octanol–water partition coefficient (Wildman–Crippen LogP) is 4.89. The van der Waals surface area contributed by atoms with Crippen molar-refractivity contribution in [1.29, 1.82) is 5.26 Å². The Balaban J connectivity index is 1.52. The number of halogens is 1. The number of nitrogens with zero attached hydrogens (tertiary/aromatic N) is 1. The van der Waals surface area contributed by atoms with Crippen LogP contribution in [0.5, 0.6) is 5.75 Å². The highest BCUT2D eigenvalue weighted by Gasteiger charge is 2.09. The van der Waals surface area contributed by atoms with Crippen LogP contribution in [-0.4, -0.2) is 18.4 Å². The van der Waals surface area contributed by atoms with Gasteiger partial charge in [0.15, 0.2) is 6.61 Å². The quantitative estimate of drug-likeness (QED) is 0.370. The maximum atomic E-state index is 12.3. The van der Waals surface area contributed by atoms with Crippen molar-refractivity contribution in [2.45, 2.75) is 13.5 Å². The van der Waals surface area contributed by atoms with E-state index >= 15 is 0 Å². The van der Waals surface area contributed by atoms with E-state index in [4.69, 9.17) is 16.3 Å². The molecule has 33 heavy (non-hydrogen) atoms. The number of carbonyl (C=O) groups is 2. The lowest BCUT2D eigenvalue weighted by molar-refractivity contribution is -0.118. The van der Waals surface area contributed by atoms with Crippen LogP contribution < -0.4 is 15.4 Å². The topological polar surface area (TPSA) is 91.2 Å². The van der Waals surface area contributed by atoms with E-state index in [1.807, 2.05) is 37.3 Å². The summed E-state index contributed by atoms with van der Waals surface area (Å²) in [5.41, 5.74) is 3.32. The molecule has 0 heterocycles. The molecular weight excluding hydrogens is 438 g/mol. The van der Waals surface area contributed by atoms with Crippen LogP contribution in [0.4, 0.5) is 5.69 Å². The highest BCUT2D eigenvalue weighted by atomic mass is 35.5. The second kappa shape index (κ2) is 11.5. The lowest BCUT2D eigenvalue weighted by Crippen LogP contribution is -2.23. The van der Waals surface area contributed by atoms with Crippen LogP contribution in [0.3, 0.4) is 0 Å². The first-order valence-corrected chi connectivity index (χ1v) is 10.5. The van der Waals surface area contributed by atoms with Gasteiger partial charge < -0.3 is 15.4 Å². The van der Waals surface area contributed by atoms with Crippen molar-refractivity contribution in [3.63, 3.8) is 0 Å². The van der Waals surface area contributed by atoms with Gasteiger partial charge in [-0.15, -0.1) is 0 Å². The maximum Gasteiger partial charge on any atom is 0.262 e. The van der Waals surface area contributed by atoms with Gasteiger partial charge in [0.1, 0.15) is 17.4 Å². The molecular formula is C26H22ClN3O3. The van der Waals surface area contributed by atoms with Gasteiger partial charge >= 0.3 is 0 Å². The van der Waals surface area contributed by atoms with Gasteiger partial charge in [0, 0.05) is 17.3 Å². The number of rotatable bonds is 8. The summed E-state index contributed by atoms with van der Waals surface area (Å²) in [6, 6.07) is 23.2. The van der Waals surface area contributed by atoms with Gasteiger partial charge in [-0.25, -0.2) is 0 Å². The second-order valence-electron chi connectivity index (χ2n) is 7.25. The molecule has 0 radical (unpaired) electrons. The van der Waals surface area contributed by atoms with Crippen molar-refractivity contribution < 1.29 is 14.3 Å². The van der Waals surface area contributed by atoms with Crippen LogP contribution in [0.1, 0.15) is 16.7 Å². The second-order valence-corrected chi connectivity index (χ2v) is 7.69. The molecule has 2 amide bonds. The van der Waals surface area contributed by atoms with E-state index in [0.717, 1.165) is 11.1 Å². The summed E-state index contributed by atoms with van der Waals surface area (Å²) in [5.74, 6) is -0.246. The third-order valence-electron chi connectivity index (χ3n) is 4.63. The van der Waals surface area contributed by atoms with Crippen LogP contribution in [-0.2, 0) is 16.1 Å². The summed E-state index contributed by atoms with van der Waals surface area (Å²) in [5, 5.41) is 15.5. The molecule has 7 heteroatoms. The van der Waals surface area contributed by atoms with Crippen molar-refractivity contribution in [2.75, 3.05) is 11.9 Å². The largest absolute Gasteiger partial charge is 0.484 e. The van der Waals surface area contributed by atoms with E-state index in [0.29, 0.717) is 22.0 Å². The Hall–Kier alpha value is -4.08. The molecule has 6 nitrogen and oxygen atoms in total. The zero-order valence-corrected chi connectivity index (χ0v) is 18.7. The first kappa shape index (κ1) is 23.6. The van der Waals surface area contributed by atoms with E-state index in [-0.39, 0.29) is 24.6 Å². The number of aryl methyl sites for hydroxylation is 1. The smallest absolute Gasteiger partial charge is 0.262 e. The SMILES string of the molecule is Cc1ccc(NC(=O)COc2ccc(/C=C(\C#N)C(=O)NCc3ccc(Cl)cc3)cc2)cc1. The summed E-state index contributed by atoms with van der Waals surface area (Å²) in [4.78, 5) is 24.4. The third kappa shape index (κ3) is 7.53. The van der Waals surface area contributed by atoms with Crippen LogP contribution in [0, 0.1) is 18.3 Å². The molecule has 0 aromatic heterocycles. The highest BCUT2D eigenvalue weighted by molar-refractivity contribution is 6.30. The molecule has 3 aromatic rings. The van der Waals surface area contributed by atoms with Gasteiger partial charge in [-0.1, -0.05) is 53.6 Å². The van der Waals surface area contributed by atoms with E-state index in [1.54, 1.807) is 48.5 Å². The minimum Gasteiger partial charge on any atom is -0.484 e. The van der Waals surface area contributed by atoms with E-state index in [2.05, 4.69) is 10.6 Å². The highest BCUT2D eigenvalue weighted by Crippen LogP contribution is 2.16. The van der Waals surface area contributed by atoms with Gasteiger partial charge in [-0.3, -0.25) is 9.59 Å². The Bertz CT molecular complexity index is 1180. The van der Waals surface area contributed by atoms with E-state index in [9.17, 15) is 14.9 Å². The molecule has 0 spiro atoms. The van der Waals surface area contributed by atoms with Crippen LogP contribution in [0.2, 0.25) is 5.02 Å². The molecule has 0 fully saturated rings. The number of benzene rings is 3. The lowest BCUT2D eigenvalue weighted by atomic mass is 10.1. The van der Waals surface area contributed by atoms with Gasteiger partial charge in [0.25, 0.3) is 11.8 Å². The number of ether oxygens (including phenoxy) is 1. The molecule has 3 aromatic carbocycles. The minimum absolute atomic E-state index is 0.0184. The van der Waals surface area contributed by atoms with Crippen LogP contribution in [0.15, 0.2) is 78.4 Å². The fourth-order valence-corrected chi connectivity index (χ4v) is 2.96. The molecule has 0 saturated carbocycles. The Kier molecular flexibility index (Phi) is 8.23. The Morgan fingerprint density at radius 3 is 2.30 bits per heavy atom. The number of nitrogens with one attached hydrogen (secondary N) is 2. The molecule has 166 valence electrons. The average molecular weight is 460 g/mol. The standard InChI is InChI=1S/C26H22ClN3O3/c1-18-2-10-23(11-3-18)30-25(31)17-33-24-12-6-19(7-13-24)14-21(15-28)26(32)29-16-20-4-8-22(27)9-5-20/h2-14H,16-17H2,1H3,(H,29,32)(H,30,31)/b21-14+. The van der Waals surface area contributed by atoms with Gasteiger partial charge in [0.05, 0.1) is 0 Å². The van der Waals surface area contributed by atoms with Crippen molar-refractivity contribution in [2.24, 2.45) is 0 Å². The summed E-state index contributed by atoms with van der Waals surface area (Å²) < 4.78 is 5.51. The first-order chi connectivity index (χ1) is 15.9.